The maximum absolute atomic E-state index is 7.00. The van der Waals surface area contributed by atoms with Crippen molar-refractivity contribution >= 4 is 37.1 Å². The van der Waals surface area contributed by atoms with E-state index in [0.29, 0.717) is 6.61 Å². The second-order valence-corrected chi connectivity index (χ2v) is 14.8. The number of benzene rings is 5. The average Bonchev–Trinajstić information content (AvgIpc) is 3.11. The molecule has 0 fully saturated rings. The third-order valence-electron chi connectivity index (χ3n) is 7.61. The molecule has 0 aliphatic heterocycles. The van der Waals surface area contributed by atoms with E-state index in [1.54, 1.807) is 28.4 Å². The lowest BCUT2D eigenvalue weighted by atomic mass is 10.2. The zero-order chi connectivity index (χ0) is 31.4. The highest BCUT2D eigenvalue weighted by molar-refractivity contribution is 7.74. The number of para-hydroxylation sites is 4. The first-order chi connectivity index (χ1) is 22.2. The van der Waals surface area contributed by atoms with Crippen LogP contribution >= 0.6 is 15.8 Å². The molecule has 0 saturated heterocycles. The van der Waals surface area contributed by atoms with Crippen molar-refractivity contribution in [1.82, 2.24) is 0 Å². The van der Waals surface area contributed by atoms with Gasteiger partial charge in [0.05, 0.1) is 40.9 Å². The fraction of sp³-hybridized carbons (Fsp3) is 0.211. The van der Waals surface area contributed by atoms with Crippen molar-refractivity contribution in [3.8, 4) is 23.0 Å². The van der Waals surface area contributed by atoms with Crippen molar-refractivity contribution in [1.29, 1.82) is 0 Å². The van der Waals surface area contributed by atoms with Crippen molar-refractivity contribution < 1.29 is 23.7 Å². The summed E-state index contributed by atoms with van der Waals surface area (Å²) in [7, 11) is 5.00. The Bertz CT molecular complexity index is 1550. The van der Waals surface area contributed by atoms with E-state index < -0.39 is 15.8 Å². The van der Waals surface area contributed by atoms with Gasteiger partial charge in [-0.2, -0.15) is 0 Å². The summed E-state index contributed by atoms with van der Waals surface area (Å²) in [4.78, 5) is 0. The number of rotatable bonds is 15. The lowest BCUT2D eigenvalue weighted by molar-refractivity contribution is 0.0945. The van der Waals surface area contributed by atoms with E-state index in [-0.39, 0.29) is 5.85 Å². The molecule has 5 rings (SSSR count). The van der Waals surface area contributed by atoms with E-state index in [1.807, 2.05) is 54.6 Å². The Morgan fingerprint density at radius 3 is 1.29 bits per heavy atom. The largest absolute Gasteiger partial charge is 0.496 e. The smallest absolute Gasteiger partial charge is 0.126 e. The SMILES string of the molecule is COc1ccccc1P(CCC(OCc1ccccc1)P(c1ccccc1OC)c1ccccc1OC)c1ccccc1OC. The third-order valence-corrected chi connectivity index (χ3v) is 13.0. The fourth-order valence-electron chi connectivity index (χ4n) is 5.47. The van der Waals surface area contributed by atoms with Crippen LogP contribution in [-0.4, -0.2) is 40.4 Å². The van der Waals surface area contributed by atoms with Crippen LogP contribution in [0, 0.1) is 0 Å². The monoisotopic (exact) mass is 638 g/mol. The molecule has 0 aromatic heterocycles. The van der Waals surface area contributed by atoms with Crippen molar-refractivity contribution in [2.24, 2.45) is 0 Å². The second kappa shape index (κ2) is 16.4. The Balaban J connectivity index is 1.62. The van der Waals surface area contributed by atoms with Crippen LogP contribution in [0.1, 0.15) is 12.0 Å². The van der Waals surface area contributed by atoms with Crippen molar-refractivity contribution in [3.05, 3.63) is 133 Å². The first-order valence-corrected chi connectivity index (χ1v) is 17.9. The molecule has 0 saturated carbocycles. The van der Waals surface area contributed by atoms with Crippen LogP contribution in [0.3, 0.4) is 0 Å². The molecule has 1 atom stereocenters. The molecule has 5 aromatic rings. The van der Waals surface area contributed by atoms with E-state index in [4.69, 9.17) is 23.7 Å². The van der Waals surface area contributed by atoms with Gasteiger partial charge in [-0.15, -0.1) is 0 Å². The van der Waals surface area contributed by atoms with Gasteiger partial charge in [0.1, 0.15) is 23.0 Å². The molecule has 1 unspecified atom stereocenters. The first kappa shape index (κ1) is 32.5. The predicted molar refractivity (Wildman–Crippen MR) is 189 cm³/mol. The lowest BCUT2D eigenvalue weighted by Gasteiger charge is -2.32. The van der Waals surface area contributed by atoms with Gasteiger partial charge in [0.25, 0.3) is 0 Å². The van der Waals surface area contributed by atoms with Gasteiger partial charge in [0.15, 0.2) is 0 Å². The van der Waals surface area contributed by atoms with Gasteiger partial charge >= 0.3 is 0 Å². The standard InChI is InChI=1S/C38H40O5P2/c1-39-30-18-8-12-22-34(30)44(35-23-13-9-19-31(35)40-2)27-26-38(43-28-29-16-6-5-7-17-29)45(36-24-14-10-20-32(36)41-3)37-25-15-11-21-33(37)42-4/h5-25,38H,26-28H2,1-4H3. The molecule has 0 aliphatic rings. The molecule has 0 spiro atoms. The normalized spacial score (nSPS) is 11.8. The van der Waals surface area contributed by atoms with E-state index in [2.05, 4.69) is 72.8 Å². The average molecular weight is 639 g/mol. The number of hydrogen-bond donors (Lipinski definition) is 0. The van der Waals surface area contributed by atoms with Crippen LogP contribution in [0.5, 0.6) is 23.0 Å². The summed E-state index contributed by atoms with van der Waals surface area (Å²) < 4.78 is 30.7. The number of hydrogen-bond acceptors (Lipinski definition) is 5. The van der Waals surface area contributed by atoms with Crippen LogP contribution < -0.4 is 40.2 Å². The highest BCUT2D eigenvalue weighted by Crippen LogP contribution is 2.49. The van der Waals surface area contributed by atoms with Gasteiger partial charge < -0.3 is 23.7 Å². The molecule has 232 valence electrons. The molecule has 0 heterocycles. The van der Waals surface area contributed by atoms with E-state index in [0.717, 1.165) is 51.8 Å². The maximum Gasteiger partial charge on any atom is 0.126 e. The Morgan fingerprint density at radius 2 is 0.844 bits per heavy atom. The summed E-state index contributed by atoms with van der Waals surface area (Å²) >= 11 is 0. The molecule has 45 heavy (non-hydrogen) atoms. The predicted octanol–water partition coefficient (Wildman–Crippen LogP) is 7.22. The van der Waals surface area contributed by atoms with Gasteiger partial charge in [-0.25, -0.2) is 0 Å². The summed E-state index contributed by atoms with van der Waals surface area (Å²) in [6.45, 7) is 0.496. The van der Waals surface area contributed by atoms with Crippen molar-refractivity contribution in [2.75, 3.05) is 34.6 Å². The van der Waals surface area contributed by atoms with Crippen LogP contribution in [0.2, 0.25) is 0 Å². The minimum Gasteiger partial charge on any atom is -0.496 e. The summed E-state index contributed by atoms with van der Waals surface area (Å²) in [5.74, 6) is 3.31. The first-order valence-electron chi connectivity index (χ1n) is 14.9. The zero-order valence-corrected chi connectivity index (χ0v) is 28.0. The Hall–Kier alpha value is -3.88. The van der Waals surface area contributed by atoms with Gasteiger partial charge in [-0.3, -0.25) is 0 Å². The summed E-state index contributed by atoms with van der Waals surface area (Å²) in [5, 5.41) is 4.60. The molecule has 5 nitrogen and oxygen atoms in total. The minimum atomic E-state index is -1.08. The van der Waals surface area contributed by atoms with Crippen LogP contribution in [0.4, 0.5) is 0 Å². The summed E-state index contributed by atoms with van der Waals surface area (Å²) in [6.07, 6.45) is 1.65. The quantitative estimate of drug-likeness (QED) is 0.113. The highest BCUT2D eigenvalue weighted by atomic mass is 31.1. The van der Waals surface area contributed by atoms with E-state index in [1.165, 1.54) is 10.6 Å². The van der Waals surface area contributed by atoms with Crippen LogP contribution in [0.15, 0.2) is 127 Å². The second-order valence-electron chi connectivity index (χ2n) is 10.2. The Morgan fingerprint density at radius 1 is 0.467 bits per heavy atom. The summed E-state index contributed by atoms with van der Waals surface area (Å²) in [5.41, 5.74) is 1.13. The molecule has 0 N–H and O–H groups in total. The molecule has 0 amide bonds. The molecule has 0 radical (unpaired) electrons. The fourth-order valence-corrected chi connectivity index (χ4v) is 11.1. The van der Waals surface area contributed by atoms with E-state index in [9.17, 15) is 0 Å². The Kier molecular flexibility index (Phi) is 11.9. The van der Waals surface area contributed by atoms with Gasteiger partial charge in [0.2, 0.25) is 0 Å². The van der Waals surface area contributed by atoms with Crippen molar-refractivity contribution in [3.63, 3.8) is 0 Å². The Labute approximate surface area is 269 Å². The summed E-state index contributed by atoms with van der Waals surface area (Å²) in [6, 6.07) is 43.6. The topological polar surface area (TPSA) is 46.2 Å². The van der Waals surface area contributed by atoms with Crippen molar-refractivity contribution in [2.45, 2.75) is 18.9 Å². The molecular formula is C38H40O5P2. The minimum absolute atomic E-state index is 0.151. The van der Waals surface area contributed by atoms with E-state index >= 15 is 0 Å². The number of methoxy groups -OCH3 is 4. The number of ether oxygens (including phenoxy) is 5. The third kappa shape index (κ3) is 7.86. The zero-order valence-electron chi connectivity index (χ0n) is 26.3. The van der Waals surface area contributed by atoms with Crippen LogP contribution in [0.25, 0.3) is 0 Å². The molecule has 7 heteroatoms. The lowest BCUT2D eigenvalue weighted by Crippen LogP contribution is -2.28. The van der Waals surface area contributed by atoms with Gasteiger partial charge in [-0.1, -0.05) is 103 Å². The van der Waals surface area contributed by atoms with Gasteiger partial charge in [-0.05, 0) is 58.3 Å². The maximum atomic E-state index is 7.00. The van der Waals surface area contributed by atoms with Crippen LogP contribution in [-0.2, 0) is 11.3 Å². The van der Waals surface area contributed by atoms with Gasteiger partial charge in [0, 0.05) is 21.2 Å². The molecule has 0 bridgehead atoms. The highest BCUT2D eigenvalue weighted by Gasteiger charge is 2.32. The molecule has 0 aliphatic carbocycles. The molecule has 5 aromatic carbocycles. The molecular weight excluding hydrogens is 598 g/mol.